The number of fused-ring (bicyclic) bond motifs is 1. The fourth-order valence-corrected chi connectivity index (χ4v) is 3.81. The predicted octanol–water partition coefficient (Wildman–Crippen LogP) is 2.69. The van der Waals surface area contributed by atoms with Gasteiger partial charge in [0.2, 0.25) is 0 Å². The summed E-state index contributed by atoms with van der Waals surface area (Å²) in [5.74, 6) is 1.63. The molecule has 0 radical (unpaired) electrons. The van der Waals surface area contributed by atoms with Crippen LogP contribution in [0.2, 0.25) is 0 Å². The Labute approximate surface area is 157 Å². The quantitative estimate of drug-likeness (QED) is 0.621. The van der Waals surface area contributed by atoms with Crippen LogP contribution in [0.1, 0.15) is 29.6 Å². The van der Waals surface area contributed by atoms with E-state index in [4.69, 9.17) is 4.74 Å². The average Bonchev–Trinajstić information content (AvgIpc) is 3.12. The van der Waals surface area contributed by atoms with E-state index in [-0.39, 0.29) is 12.1 Å². The maximum absolute atomic E-state index is 12.5. The molecule has 6 heteroatoms. The van der Waals surface area contributed by atoms with Crippen molar-refractivity contribution in [3.8, 4) is 0 Å². The van der Waals surface area contributed by atoms with Crippen molar-refractivity contribution in [3.05, 3.63) is 77.5 Å². The fourth-order valence-electron chi connectivity index (χ4n) is 3.81. The van der Waals surface area contributed by atoms with E-state index in [0.717, 1.165) is 11.1 Å². The van der Waals surface area contributed by atoms with E-state index in [1.165, 1.54) is 13.4 Å². The number of carbonyl (C=O) groups is 1. The second-order valence-corrected chi connectivity index (χ2v) is 6.49. The lowest BCUT2D eigenvalue weighted by atomic mass is 9.95. The number of carbonyl (C=O) groups excluding carboxylic acids is 2. The van der Waals surface area contributed by atoms with Crippen molar-refractivity contribution < 1.29 is 14.3 Å². The van der Waals surface area contributed by atoms with Crippen LogP contribution >= 0.6 is 0 Å². The normalized spacial score (nSPS) is 24.4. The fraction of sp³-hybridized carbons (Fsp3) is 0.238. The number of ether oxygens (including phenoxy) is 1. The summed E-state index contributed by atoms with van der Waals surface area (Å²) in [4.78, 5) is 28.5. The third kappa shape index (κ3) is 2.95. The van der Waals surface area contributed by atoms with Crippen LogP contribution in [0, 0.1) is 0 Å². The van der Waals surface area contributed by atoms with Gasteiger partial charge in [0.05, 0.1) is 19.2 Å². The van der Waals surface area contributed by atoms with Crippen LogP contribution in [0.3, 0.4) is 0 Å². The molecule has 2 aliphatic rings. The molecule has 6 nitrogen and oxygen atoms in total. The van der Waals surface area contributed by atoms with Crippen LogP contribution in [-0.2, 0) is 14.3 Å². The molecular weight excluding hydrogens is 342 g/mol. The predicted molar refractivity (Wildman–Crippen MR) is 100 cm³/mol. The SMILES string of the molecule is COC(=O)C1N=CN2C(=C=O)CC(c3ccccc3)N2C1c1ccccc1. The second kappa shape index (κ2) is 7.19. The summed E-state index contributed by atoms with van der Waals surface area (Å²) in [6.07, 6.45) is 2.03. The van der Waals surface area contributed by atoms with Crippen LogP contribution in [0.25, 0.3) is 0 Å². The van der Waals surface area contributed by atoms with Crippen molar-refractivity contribution >= 4 is 18.2 Å². The zero-order valence-electron chi connectivity index (χ0n) is 14.9. The summed E-state index contributed by atoms with van der Waals surface area (Å²) in [5.41, 5.74) is 2.49. The maximum Gasteiger partial charge on any atom is 0.332 e. The third-order valence-electron chi connectivity index (χ3n) is 5.04. The Morgan fingerprint density at radius 2 is 1.70 bits per heavy atom. The van der Waals surface area contributed by atoms with Gasteiger partial charge in [-0.05, 0) is 11.1 Å². The van der Waals surface area contributed by atoms with E-state index >= 15 is 0 Å². The van der Waals surface area contributed by atoms with Gasteiger partial charge < -0.3 is 4.74 Å². The van der Waals surface area contributed by atoms with Crippen LogP contribution in [0.4, 0.5) is 0 Å². The van der Waals surface area contributed by atoms with Crippen molar-refractivity contribution in [2.75, 3.05) is 7.11 Å². The van der Waals surface area contributed by atoms with E-state index in [9.17, 15) is 9.59 Å². The Hall–Kier alpha value is -3.21. The lowest BCUT2D eigenvalue weighted by molar-refractivity contribution is -0.146. The maximum atomic E-state index is 12.5. The monoisotopic (exact) mass is 361 g/mol. The molecule has 2 aromatic rings. The molecule has 1 saturated heterocycles. The number of esters is 1. The minimum Gasteiger partial charge on any atom is -0.467 e. The Morgan fingerprint density at radius 1 is 1.07 bits per heavy atom. The Bertz CT molecular complexity index is 907. The summed E-state index contributed by atoms with van der Waals surface area (Å²) >= 11 is 0. The van der Waals surface area contributed by atoms with Crippen LogP contribution in [-0.4, -0.2) is 41.4 Å². The highest BCUT2D eigenvalue weighted by molar-refractivity contribution is 5.81. The first-order valence-corrected chi connectivity index (χ1v) is 8.77. The molecule has 0 bridgehead atoms. The first kappa shape index (κ1) is 17.2. The van der Waals surface area contributed by atoms with Crippen molar-refractivity contribution in [2.45, 2.75) is 24.5 Å². The van der Waals surface area contributed by atoms with Crippen LogP contribution in [0.5, 0.6) is 0 Å². The molecule has 2 aliphatic heterocycles. The molecule has 0 N–H and O–H groups in total. The molecule has 3 atom stereocenters. The Kier molecular flexibility index (Phi) is 4.59. The van der Waals surface area contributed by atoms with Gasteiger partial charge in [0, 0.05) is 6.42 Å². The molecule has 3 unspecified atom stereocenters. The summed E-state index contributed by atoms with van der Waals surface area (Å²) < 4.78 is 5.00. The summed E-state index contributed by atoms with van der Waals surface area (Å²) in [6, 6.07) is 18.4. The number of hydrogen-bond donors (Lipinski definition) is 0. The van der Waals surface area contributed by atoms with Crippen molar-refractivity contribution in [3.63, 3.8) is 0 Å². The van der Waals surface area contributed by atoms with Gasteiger partial charge in [0.15, 0.2) is 6.04 Å². The number of nitrogens with zero attached hydrogens (tertiary/aromatic N) is 3. The first-order valence-electron chi connectivity index (χ1n) is 8.77. The molecular formula is C21H19N3O3. The van der Waals surface area contributed by atoms with Gasteiger partial charge in [-0.25, -0.2) is 9.59 Å². The van der Waals surface area contributed by atoms with E-state index in [1.807, 2.05) is 71.6 Å². The van der Waals surface area contributed by atoms with Gasteiger partial charge in [-0.15, -0.1) is 0 Å². The highest BCUT2D eigenvalue weighted by atomic mass is 16.5. The molecule has 2 heterocycles. The molecule has 2 aromatic carbocycles. The number of rotatable bonds is 3. The zero-order valence-corrected chi connectivity index (χ0v) is 14.9. The van der Waals surface area contributed by atoms with E-state index in [1.54, 1.807) is 5.01 Å². The number of hydrogen-bond acceptors (Lipinski definition) is 6. The van der Waals surface area contributed by atoms with Crippen LogP contribution < -0.4 is 0 Å². The highest BCUT2D eigenvalue weighted by Crippen LogP contribution is 2.46. The first-order chi connectivity index (χ1) is 13.2. The summed E-state index contributed by atoms with van der Waals surface area (Å²) in [6.45, 7) is 0. The Balaban J connectivity index is 1.86. The summed E-state index contributed by atoms with van der Waals surface area (Å²) in [5, 5.41) is 3.77. The molecule has 0 saturated carbocycles. The van der Waals surface area contributed by atoms with Gasteiger partial charge in [-0.1, -0.05) is 60.7 Å². The van der Waals surface area contributed by atoms with Gasteiger partial charge in [0.25, 0.3) is 0 Å². The standard InChI is InChI=1S/C21H19N3O3/c1-27-21(26)19-20(16-10-6-3-7-11-16)24-18(15-8-4-2-5-9-15)12-17(13-25)23(24)14-22-19/h2-11,14,18-20H,12H2,1H3. The van der Waals surface area contributed by atoms with Gasteiger partial charge in [0.1, 0.15) is 18.0 Å². The topological polar surface area (TPSA) is 62.2 Å². The van der Waals surface area contributed by atoms with Gasteiger partial charge in [-0.2, -0.15) is 5.01 Å². The van der Waals surface area contributed by atoms with Crippen molar-refractivity contribution in [1.29, 1.82) is 0 Å². The minimum absolute atomic E-state index is 0.105. The number of aliphatic imine (C=N–C) groups is 1. The lowest BCUT2D eigenvalue weighted by Crippen LogP contribution is -2.49. The van der Waals surface area contributed by atoms with E-state index in [2.05, 4.69) is 4.99 Å². The molecule has 0 amide bonds. The molecule has 4 rings (SSSR count). The Morgan fingerprint density at radius 3 is 2.30 bits per heavy atom. The number of benzene rings is 2. The smallest absolute Gasteiger partial charge is 0.332 e. The van der Waals surface area contributed by atoms with E-state index in [0.29, 0.717) is 12.1 Å². The van der Waals surface area contributed by atoms with Gasteiger partial charge in [-0.3, -0.25) is 10.0 Å². The largest absolute Gasteiger partial charge is 0.467 e. The zero-order chi connectivity index (χ0) is 18.8. The number of hydrazine groups is 1. The molecule has 27 heavy (non-hydrogen) atoms. The average molecular weight is 361 g/mol. The highest BCUT2D eigenvalue weighted by Gasteiger charge is 2.48. The molecule has 0 aromatic heterocycles. The number of methoxy groups -OCH3 is 1. The molecule has 136 valence electrons. The minimum atomic E-state index is -0.717. The van der Waals surface area contributed by atoms with Gasteiger partial charge >= 0.3 is 5.97 Å². The molecule has 0 aliphatic carbocycles. The third-order valence-corrected chi connectivity index (χ3v) is 5.04. The molecule has 1 fully saturated rings. The lowest BCUT2D eigenvalue weighted by Gasteiger charge is -2.42. The van der Waals surface area contributed by atoms with Crippen molar-refractivity contribution in [2.24, 2.45) is 4.99 Å². The van der Waals surface area contributed by atoms with Crippen LogP contribution in [0.15, 0.2) is 71.4 Å². The van der Waals surface area contributed by atoms with Crippen molar-refractivity contribution in [1.82, 2.24) is 10.0 Å². The van der Waals surface area contributed by atoms with E-state index < -0.39 is 12.0 Å². The second-order valence-electron chi connectivity index (χ2n) is 6.49. The summed E-state index contributed by atoms with van der Waals surface area (Å²) in [7, 11) is 1.36. The molecule has 0 spiro atoms.